The van der Waals surface area contributed by atoms with Gasteiger partial charge in [0, 0.05) is 6.04 Å². The van der Waals surface area contributed by atoms with Crippen LogP contribution in [0.25, 0.3) is 0 Å². The molecule has 3 atom stereocenters. The highest BCUT2D eigenvalue weighted by Gasteiger charge is 2.23. The van der Waals surface area contributed by atoms with Crippen LogP contribution in [0.15, 0.2) is 0 Å². The molecule has 1 heteroatoms. The summed E-state index contributed by atoms with van der Waals surface area (Å²) < 4.78 is 0. The summed E-state index contributed by atoms with van der Waals surface area (Å²) in [4.78, 5) is 0. The lowest BCUT2D eigenvalue weighted by Crippen LogP contribution is -2.39. The third-order valence-corrected chi connectivity index (χ3v) is 3.32. The first-order valence-electron chi connectivity index (χ1n) is 5.13. The van der Waals surface area contributed by atoms with Gasteiger partial charge < -0.3 is 5.73 Å². The van der Waals surface area contributed by atoms with E-state index in [0.717, 1.165) is 0 Å². The van der Waals surface area contributed by atoms with Gasteiger partial charge in [0.25, 0.3) is 0 Å². The van der Waals surface area contributed by atoms with Crippen molar-refractivity contribution in [2.24, 2.45) is 29.4 Å². The van der Waals surface area contributed by atoms with Gasteiger partial charge in [0.05, 0.1) is 0 Å². The molecule has 0 radical (unpaired) electrons. The molecule has 0 amide bonds. The maximum atomic E-state index is 6.16. The van der Waals surface area contributed by atoms with Crippen LogP contribution in [0, 0.1) is 23.7 Å². The largest absolute Gasteiger partial charge is 0.327 e. The molecule has 0 fully saturated rings. The molecule has 0 aromatic rings. The first-order valence-corrected chi connectivity index (χ1v) is 5.13. The van der Waals surface area contributed by atoms with Gasteiger partial charge in [-0.3, -0.25) is 0 Å². The van der Waals surface area contributed by atoms with Crippen molar-refractivity contribution in [1.29, 1.82) is 0 Å². The Morgan fingerprint density at radius 1 is 0.667 bits per heavy atom. The molecule has 0 saturated carbocycles. The van der Waals surface area contributed by atoms with Crippen LogP contribution >= 0.6 is 0 Å². The zero-order valence-corrected chi connectivity index (χ0v) is 9.46. The molecule has 0 aliphatic rings. The lowest BCUT2D eigenvalue weighted by Gasteiger charge is -2.30. The Morgan fingerprint density at radius 3 is 1.08 bits per heavy atom. The first kappa shape index (κ1) is 12.0. The summed E-state index contributed by atoms with van der Waals surface area (Å²) in [7, 11) is 0. The minimum atomic E-state index is 0.352. The van der Waals surface area contributed by atoms with Crippen LogP contribution < -0.4 is 5.73 Å². The van der Waals surface area contributed by atoms with E-state index >= 15 is 0 Å². The standard InChI is InChI=1S/C11H25N/c1-7(2)9(5)11(12)10(6)8(3)4/h7-11H,12H2,1-6H3/t9-,10?,11?/m0/s1. The van der Waals surface area contributed by atoms with Gasteiger partial charge in [-0.1, -0.05) is 41.5 Å². The number of rotatable bonds is 4. The normalized spacial score (nSPS) is 19.8. The van der Waals surface area contributed by atoms with Gasteiger partial charge in [-0.25, -0.2) is 0 Å². The second-order valence-electron chi connectivity index (χ2n) is 4.78. The van der Waals surface area contributed by atoms with Gasteiger partial charge in [-0.15, -0.1) is 0 Å². The lowest BCUT2D eigenvalue weighted by atomic mass is 9.79. The predicted octanol–water partition coefficient (Wildman–Crippen LogP) is 2.90. The molecule has 2 N–H and O–H groups in total. The van der Waals surface area contributed by atoms with Crippen LogP contribution in [0.4, 0.5) is 0 Å². The van der Waals surface area contributed by atoms with E-state index in [0.29, 0.717) is 29.7 Å². The maximum absolute atomic E-state index is 6.16. The van der Waals surface area contributed by atoms with Crippen LogP contribution in [-0.4, -0.2) is 6.04 Å². The summed E-state index contributed by atoms with van der Waals surface area (Å²) in [6.45, 7) is 13.5. The molecule has 0 aromatic carbocycles. The third-order valence-electron chi connectivity index (χ3n) is 3.32. The van der Waals surface area contributed by atoms with E-state index in [1.807, 2.05) is 0 Å². The Kier molecular flexibility index (Phi) is 4.84. The van der Waals surface area contributed by atoms with Gasteiger partial charge in [-0.05, 0) is 23.7 Å². The highest BCUT2D eigenvalue weighted by Crippen LogP contribution is 2.23. The molecule has 0 bridgehead atoms. The molecule has 0 rings (SSSR count). The molecule has 0 aromatic heterocycles. The molecule has 0 aliphatic carbocycles. The Hall–Kier alpha value is -0.0400. The first-order chi connectivity index (χ1) is 5.37. The zero-order chi connectivity index (χ0) is 9.89. The highest BCUT2D eigenvalue weighted by atomic mass is 14.7. The average Bonchev–Trinajstić information content (AvgIpc) is 2.00. The molecule has 12 heavy (non-hydrogen) atoms. The highest BCUT2D eigenvalue weighted by molar-refractivity contribution is 4.78. The van der Waals surface area contributed by atoms with Crippen molar-refractivity contribution >= 4 is 0 Å². The fourth-order valence-corrected chi connectivity index (χ4v) is 1.37. The van der Waals surface area contributed by atoms with Crippen LogP contribution in [0.5, 0.6) is 0 Å². The van der Waals surface area contributed by atoms with E-state index in [-0.39, 0.29) is 0 Å². The van der Waals surface area contributed by atoms with E-state index in [9.17, 15) is 0 Å². The molecule has 0 heterocycles. The Labute approximate surface area is 77.7 Å². The van der Waals surface area contributed by atoms with Crippen LogP contribution in [0.1, 0.15) is 41.5 Å². The van der Waals surface area contributed by atoms with E-state index in [2.05, 4.69) is 41.5 Å². The van der Waals surface area contributed by atoms with Crippen molar-refractivity contribution in [3.05, 3.63) is 0 Å². The van der Waals surface area contributed by atoms with Crippen molar-refractivity contribution in [3.63, 3.8) is 0 Å². The topological polar surface area (TPSA) is 26.0 Å². The summed E-state index contributed by atoms with van der Waals surface area (Å²) >= 11 is 0. The second-order valence-corrected chi connectivity index (χ2v) is 4.78. The molecular weight excluding hydrogens is 146 g/mol. The summed E-state index contributed by atoms with van der Waals surface area (Å²) in [5.74, 6) is 2.65. The minimum Gasteiger partial charge on any atom is -0.327 e. The second kappa shape index (κ2) is 4.86. The van der Waals surface area contributed by atoms with Gasteiger partial charge in [0.2, 0.25) is 0 Å². The summed E-state index contributed by atoms with van der Waals surface area (Å²) in [5, 5.41) is 0. The van der Waals surface area contributed by atoms with Crippen molar-refractivity contribution in [2.45, 2.75) is 47.6 Å². The fourth-order valence-electron chi connectivity index (χ4n) is 1.37. The number of hydrogen-bond acceptors (Lipinski definition) is 1. The molecule has 0 saturated heterocycles. The van der Waals surface area contributed by atoms with E-state index in [1.165, 1.54) is 0 Å². The van der Waals surface area contributed by atoms with Gasteiger partial charge in [-0.2, -0.15) is 0 Å². The monoisotopic (exact) mass is 171 g/mol. The minimum absolute atomic E-state index is 0.352. The van der Waals surface area contributed by atoms with Gasteiger partial charge in [0.15, 0.2) is 0 Å². The quantitative estimate of drug-likeness (QED) is 0.691. The predicted molar refractivity (Wildman–Crippen MR) is 56.0 cm³/mol. The molecule has 74 valence electrons. The van der Waals surface area contributed by atoms with Crippen LogP contribution in [-0.2, 0) is 0 Å². The van der Waals surface area contributed by atoms with Crippen molar-refractivity contribution < 1.29 is 0 Å². The molecule has 0 aliphatic heterocycles. The Bertz CT molecular complexity index is 104. The summed E-state index contributed by atoms with van der Waals surface area (Å²) in [6, 6.07) is 0.352. The molecular formula is C11H25N. The maximum Gasteiger partial charge on any atom is 0.00952 e. The van der Waals surface area contributed by atoms with Crippen molar-refractivity contribution in [1.82, 2.24) is 0 Å². The summed E-state index contributed by atoms with van der Waals surface area (Å²) in [6.07, 6.45) is 0. The van der Waals surface area contributed by atoms with Crippen molar-refractivity contribution in [3.8, 4) is 0 Å². The van der Waals surface area contributed by atoms with Gasteiger partial charge in [0.1, 0.15) is 0 Å². The molecule has 0 spiro atoms. The Balaban J connectivity index is 4.08. The SMILES string of the molecule is CC(C)C(C)C(N)[C@@H](C)C(C)C. The Morgan fingerprint density at radius 2 is 0.917 bits per heavy atom. The molecule has 1 nitrogen and oxygen atoms in total. The van der Waals surface area contributed by atoms with Gasteiger partial charge >= 0.3 is 0 Å². The molecule has 2 unspecified atom stereocenters. The van der Waals surface area contributed by atoms with Crippen molar-refractivity contribution in [2.75, 3.05) is 0 Å². The average molecular weight is 171 g/mol. The smallest absolute Gasteiger partial charge is 0.00952 e. The van der Waals surface area contributed by atoms with Crippen LogP contribution in [0.3, 0.4) is 0 Å². The van der Waals surface area contributed by atoms with E-state index in [4.69, 9.17) is 5.73 Å². The van der Waals surface area contributed by atoms with E-state index < -0.39 is 0 Å². The number of nitrogens with two attached hydrogens (primary N) is 1. The van der Waals surface area contributed by atoms with Crippen LogP contribution in [0.2, 0.25) is 0 Å². The zero-order valence-electron chi connectivity index (χ0n) is 9.46. The third kappa shape index (κ3) is 3.14. The van der Waals surface area contributed by atoms with E-state index in [1.54, 1.807) is 0 Å². The number of hydrogen-bond donors (Lipinski definition) is 1. The summed E-state index contributed by atoms with van der Waals surface area (Å²) in [5.41, 5.74) is 6.16. The fraction of sp³-hybridized carbons (Fsp3) is 1.00. The lowest BCUT2D eigenvalue weighted by molar-refractivity contribution is 0.236.